The van der Waals surface area contributed by atoms with E-state index in [2.05, 4.69) is 10.1 Å². The number of aromatic nitrogens is 4. The van der Waals surface area contributed by atoms with Crippen molar-refractivity contribution in [3.63, 3.8) is 0 Å². The number of hydrogen-bond donors (Lipinski definition) is 0. The third-order valence-electron chi connectivity index (χ3n) is 5.20. The Morgan fingerprint density at radius 2 is 1.79 bits per heavy atom. The quantitative estimate of drug-likeness (QED) is 0.643. The number of ketones is 1. The highest BCUT2D eigenvalue weighted by molar-refractivity contribution is 6.30. The molecule has 1 atom stereocenters. The minimum atomic E-state index is -0.603. The van der Waals surface area contributed by atoms with E-state index in [-0.39, 0.29) is 23.5 Å². The van der Waals surface area contributed by atoms with E-state index in [0.29, 0.717) is 16.7 Å². The average Bonchev–Trinajstić information content (AvgIpc) is 3.09. The van der Waals surface area contributed by atoms with Gasteiger partial charge in [-0.05, 0) is 31.5 Å². The summed E-state index contributed by atoms with van der Waals surface area (Å²) in [6, 6.07) is 6.56. The third kappa shape index (κ3) is 2.89. The van der Waals surface area contributed by atoms with Gasteiger partial charge in [0.2, 0.25) is 5.95 Å². The largest absolute Gasteiger partial charge is 0.332 e. The maximum Gasteiger partial charge on any atom is 0.332 e. The topological polar surface area (TPSA) is 94.5 Å². The zero-order valence-corrected chi connectivity index (χ0v) is 17.1. The van der Waals surface area contributed by atoms with Gasteiger partial charge in [-0.15, -0.1) is 0 Å². The van der Waals surface area contributed by atoms with Gasteiger partial charge in [-0.3, -0.25) is 23.3 Å². The lowest BCUT2D eigenvalue weighted by Crippen LogP contribution is -2.41. The lowest BCUT2D eigenvalue weighted by atomic mass is 10.1. The molecule has 0 fully saturated rings. The van der Waals surface area contributed by atoms with Crippen LogP contribution in [0.2, 0.25) is 5.02 Å². The molecule has 0 amide bonds. The Labute approximate surface area is 170 Å². The van der Waals surface area contributed by atoms with Crippen molar-refractivity contribution in [3.05, 3.63) is 55.7 Å². The molecule has 2 aromatic heterocycles. The summed E-state index contributed by atoms with van der Waals surface area (Å²) in [6.45, 7) is 3.46. The molecule has 1 aliphatic heterocycles. The second-order valence-electron chi connectivity index (χ2n) is 7.06. The van der Waals surface area contributed by atoms with Crippen LogP contribution >= 0.6 is 11.6 Å². The van der Waals surface area contributed by atoms with Crippen molar-refractivity contribution in [1.82, 2.24) is 18.7 Å². The van der Waals surface area contributed by atoms with Crippen molar-refractivity contribution < 1.29 is 4.79 Å². The molecular formula is C19H19ClN6O3. The van der Waals surface area contributed by atoms with Crippen LogP contribution < -0.4 is 16.3 Å². The zero-order valence-electron chi connectivity index (χ0n) is 16.4. The van der Waals surface area contributed by atoms with E-state index in [1.807, 2.05) is 12.1 Å². The first-order valence-electron chi connectivity index (χ1n) is 9.00. The Bertz CT molecular complexity index is 1300. The number of rotatable bonds is 3. The van der Waals surface area contributed by atoms with Crippen LogP contribution in [0.3, 0.4) is 0 Å². The van der Waals surface area contributed by atoms with Gasteiger partial charge in [0, 0.05) is 19.1 Å². The summed E-state index contributed by atoms with van der Waals surface area (Å²) in [7, 11) is 2.99. The summed E-state index contributed by atoms with van der Waals surface area (Å²) in [4.78, 5) is 41.8. The molecule has 0 unspecified atom stereocenters. The van der Waals surface area contributed by atoms with Gasteiger partial charge < -0.3 is 0 Å². The molecule has 3 heterocycles. The van der Waals surface area contributed by atoms with E-state index in [4.69, 9.17) is 11.6 Å². The smallest absolute Gasteiger partial charge is 0.298 e. The van der Waals surface area contributed by atoms with Crippen LogP contribution in [0.25, 0.3) is 11.2 Å². The number of nitrogens with zero attached hydrogens (tertiary/aromatic N) is 6. The van der Waals surface area contributed by atoms with Gasteiger partial charge in [0.25, 0.3) is 5.56 Å². The molecule has 3 aromatic rings. The molecule has 1 aromatic carbocycles. The molecule has 29 heavy (non-hydrogen) atoms. The van der Waals surface area contributed by atoms with Gasteiger partial charge in [0.15, 0.2) is 16.9 Å². The SMILES string of the molecule is CC(=O)[C@@H](C)N1N=C(c2ccc(Cl)cc2)Cn2c1nc1c2c(=O)n(C)c(=O)n1C. The summed E-state index contributed by atoms with van der Waals surface area (Å²) in [5, 5.41) is 6.74. The fourth-order valence-corrected chi connectivity index (χ4v) is 3.47. The molecule has 1 aliphatic rings. The highest BCUT2D eigenvalue weighted by Crippen LogP contribution is 2.27. The number of Topliss-reactive ketones (excluding diaryl/α,β-unsaturated/α-hetero) is 1. The molecule has 0 saturated heterocycles. The second kappa shape index (κ2) is 6.70. The van der Waals surface area contributed by atoms with Crippen molar-refractivity contribution in [1.29, 1.82) is 0 Å². The molecule has 0 aliphatic carbocycles. The van der Waals surface area contributed by atoms with E-state index in [1.165, 1.54) is 23.5 Å². The van der Waals surface area contributed by atoms with Crippen molar-refractivity contribution in [3.8, 4) is 0 Å². The number of benzene rings is 1. The number of hydrazone groups is 1. The molecule has 0 saturated carbocycles. The summed E-state index contributed by atoms with van der Waals surface area (Å²) in [6.07, 6.45) is 0. The maximum atomic E-state index is 12.9. The number of anilines is 1. The monoisotopic (exact) mass is 414 g/mol. The first-order valence-corrected chi connectivity index (χ1v) is 9.38. The van der Waals surface area contributed by atoms with Crippen LogP contribution in [-0.2, 0) is 25.4 Å². The minimum absolute atomic E-state index is 0.105. The van der Waals surface area contributed by atoms with Crippen molar-refractivity contribution in [2.24, 2.45) is 19.2 Å². The van der Waals surface area contributed by atoms with E-state index in [0.717, 1.165) is 10.1 Å². The molecule has 0 spiro atoms. The molecule has 0 radical (unpaired) electrons. The summed E-state index contributed by atoms with van der Waals surface area (Å²) in [5.74, 6) is 0.241. The molecule has 0 N–H and O–H groups in total. The van der Waals surface area contributed by atoms with Gasteiger partial charge in [-0.2, -0.15) is 10.1 Å². The standard InChI is InChI=1S/C19H19ClN6O3/c1-10(11(2)27)26-18-21-16-15(17(28)24(4)19(29)23(16)3)25(18)9-14(22-26)12-5-7-13(20)8-6-12/h5-8,10H,9H2,1-4H3/t10-/m1/s1. The molecule has 0 bridgehead atoms. The molecule has 150 valence electrons. The van der Waals surface area contributed by atoms with Crippen molar-refractivity contribution in [2.45, 2.75) is 26.4 Å². The second-order valence-corrected chi connectivity index (χ2v) is 7.50. The van der Waals surface area contributed by atoms with Crippen LogP contribution in [0.15, 0.2) is 39.0 Å². The molecule has 4 rings (SSSR count). The number of halogens is 1. The highest BCUT2D eigenvalue weighted by atomic mass is 35.5. The Hall–Kier alpha value is -3.20. The van der Waals surface area contributed by atoms with E-state index >= 15 is 0 Å². The third-order valence-corrected chi connectivity index (χ3v) is 5.45. The Kier molecular flexibility index (Phi) is 4.42. The first-order chi connectivity index (χ1) is 13.7. The number of carbonyl (C=O) groups is 1. The first kappa shape index (κ1) is 19.1. The number of hydrogen-bond acceptors (Lipinski definition) is 6. The van der Waals surface area contributed by atoms with Gasteiger partial charge in [-0.25, -0.2) is 9.80 Å². The average molecular weight is 415 g/mol. The fraction of sp³-hybridized carbons (Fsp3) is 0.316. The molecular weight excluding hydrogens is 396 g/mol. The fourth-order valence-electron chi connectivity index (χ4n) is 3.34. The number of fused-ring (bicyclic) bond motifs is 3. The van der Waals surface area contributed by atoms with Crippen LogP contribution in [-0.4, -0.2) is 36.2 Å². The minimum Gasteiger partial charge on any atom is -0.298 e. The lowest BCUT2D eigenvalue weighted by molar-refractivity contribution is -0.118. The Morgan fingerprint density at radius 3 is 2.41 bits per heavy atom. The van der Waals surface area contributed by atoms with Crippen LogP contribution in [0.1, 0.15) is 19.4 Å². The van der Waals surface area contributed by atoms with Gasteiger partial charge in [0.05, 0.1) is 12.3 Å². The van der Waals surface area contributed by atoms with E-state index < -0.39 is 17.3 Å². The summed E-state index contributed by atoms with van der Waals surface area (Å²) < 4.78 is 4.07. The highest BCUT2D eigenvalue weighted by Gasteiger charge is 2.31. The van der Waals surface area contributed by atoms with E-state index in [1.54, 1.807) is 30.7 Å². The van der Waals surface area contributed by atoms with Gasteiger partial charge in [0.1, 0.15) is 6.04 Å². The predicted molar refractivity (Wildman–Crippen MR) is 111 cm³/mol. The van der Waals surface area contributed by atoms with Crippen LogP contribution in [0.4, 0.5) is 5.95 Å². The van der Waals surface area contributed by atoms with E-state index in [9.17, 15) is 14.4 Å². The normalized spacial score (nSPS) is 14.7. The van der Waals surface area contributed by atoms with Crippen molar-refractivity contribution >= 4 is 40.2 Å². The lowest BCUT2D eigenvalue weighted by Gasteiger charge is -2.29. The number of aryl methyl sites for hydroxylation is 1. The number of imidazole rings is 1. The molecule has 10 heteroatoms. The Balaban J connectivity index is 2.01. The summed E-state index contributed by atoms with van der Waals surface area (Å²) in [5.41, 5.74) is 1.08. The van der Waals surface area contributed by atoms with Crippen LogP contribution in [0, 0.1) is 0 Å². The maximum absolute atomic E-state index is 12.9. The predicted octanol–water partition coefficient (Wildman–Crippen LogP) is 1.29. The molecule has 9 nitrogen and oxygen atoms in total. The Morgan fingerprint density at radius 1 is 1.14 bits per heavy atom. The van der Waals surface area contributed by atoms with Crippen LogP contribution in [0.5, 0.6) is 0 Å². The zero-order chi connectivity index (χ0) is 21.0. The number of carbonyl (C=O) groups excluding carboxylic acids is 1. The van der Waals surface area contributed by atoms with Gasteiger partial charge in [-0.1, -0.05) is 23.7 Å². The van der Waals surface area contributed by atoms with Gasteiger partial charge >= 0.3 is 5.69 Å². The summed E-state index contributed by atoms with van der Waals surface area (Å²) >= 11 is 6.00. The van der Waals surface area contributed by atoms with Crippen molar-refractivity contribution in [2.75, 3.05) is 5.01 Å².